The van der Waals surface area contributed by atoms with Crippen molar-refractivity contribution in [1.82, 2.24) is 19.0 Å². The van der Waals surface area contributed by atoms with Crippen LogP contribution >= 0.6 is 0 Å². The number of hydrogen-bond donors (Lipinski definition) is 0. The normalized spacial score (nSPS) is 16.8. The summed E-state index contributed by atoms with van der Waals surface area (Å²) in [6.45, 7) is 13.0. The van der Waals surface area contributed by atoms with Crippen molar-refractivity contribution >= 4 is 17.3 Å². The van der Waals surface area contributed by atoms with Crippen LogP contribution in [0.25, 0.3) is 33.2 Å². The van der Waals surface area contributed by atoms with Gasteiger partial charge in [-0.15, -0.1) is 0 Å². The predicted octanol–water partition coefficient (Wildman–Crippen LogP) is 5.61. The van der Waals surface area contributed by atoms with Gasteiger partial charge in [-0.05, 0) is 63.3 Å². The van der Waals surface area contributed by atoms with Crippen molar-refractivity contribution in [3.05, 3.63) is 84.1 Å². The summed E-state index contributed by atoms with van der Waals surface area (Å²) in [6.07, 6.45) is 6.54. The van der Waals surface area contributed by atoms with Gasteiger partial charge >= 0.3 is 0 Å². The number of amides is 1. The number of aromatic nitrogens is 3. The van der Waals surface area contributed by atoms with Crippen molar-refractivity contribution in [3.8, 4) is 28.3 Å². The third kappa shape index (κ3) is 3.76. The standard InChI is InChI=1S/C30H30N6O/c1-30(2,33(4)5)23-16-28(37)36(19-23)25-10-11-26-22(14-25)18-34-17-21(20-6-8-24(31-3)9-7-20)15-27(34)29-32-12-13-35(26)29/h6-15,17,23H,16,18-19H2,1-2,4-5H3/t23-/m0/s1. The van der Waals surface area contributed by atoms with Gasteiger partial charge in [-0.2, -0.15) is 0 Å². The fraction of sp³-hybridized carbons (Fsp3) is 0.300. The first-order valence-corrected chi connectivity index (χ1v) is 12.6. The maximum Gasteiger partial charge on any atom is 0.227 e. The van der Waals surface area contributed by atoms with E-state index in [4.69, 9.17) is 6.57 Å². The molecule has 2 aliphatic rings. The highest BCUT2D eigenvalue weighted by molar-refractivity contribution is 5.96. The van der Waals surface area contributed by atoms with E-state index in [0.29, 0.717) is 18.7 Å². The van der Waals surface area contributed by atoms with Crippen LogP contribution in [0, 0.1) is 12.5 Å². The van der Waals surface area contributed by atoms with Crippen LogP contribution in [0.2, 0.25) is 0 Å². The molecule has 6 rings (SSSR count). The van der Waals surface area contributed by atoms with Crippen LogP contribution in [-0.2, 0) is 11.3 Å². The fourth-order valence-corrected chi connectivity index (χ4v) is 5.48. The monoisotopic (exact) mass is 490 g/mol. The summed E-state index contributed by atoms with van der Waals surface area (Å²) < 4.78 is 4.36. The lowest BCUT2D eigenvalue weighted by molar-refractivity contribution is -0.117. The first-order chi connectivity index (χ1) is 17.8. The molecule has 0 saturated carbocycles. The van der Waals surface area contributed by atoms with E-state index >= 15 is 0 Å². The van der Waals surface area contributed by atoms with E-state index in [0.717, 1.165) is 46.1 Å². The zero-order valence-corrected chi connectivity index (χ0v) is 21.6. The maximum absolute atomic E-state index is 13.1. The molecule has 186 valence electrons. The third-order valence-corrected chi connectivity index (χ3v) is 8.35. The average Bonchev–Trinajstić information content (AvgIpc) is 3.61. The van der Waals surface area contributed by atoms with Gasteiger partial charge in [0.05, 0.1) is 18.0 Å². The molecule has 4 aromatic rings. The number of benzene rings is 2. The molecule has 0 N–H and O–H groups in total. The molecule has 1 saturated heterocycles. The molecule has 0 bridgehead atoms. The van der Waals surface area contributed by atoms with E-state index in [1.807, 2.05) is 41.6 Å². The van der Waals surface area contributed by atoms with E-state index in [1.54, 1.807) is 0 Å². The number of carbonyl (C=O) groups excluding carboxylic acids is 1. The Balaban J connectivity index is 1.38. The van der Waals surface area contributed by atoms with Gasteiger partial charge in [0.1, 0.15) is 0 Å². The first kappa shape index (κ1) is 23.3. The second-order valence-electron chi connectivity index (χ2n) is 10.8. The first-order valence-electron chi connectivity index (χ1n) is 12.6. The highest BCUT2D eigenvalue weighted by Crippen LogP contribution is 2.38. The zero-order chi connectivity index (χ0) is 25.9. The highest BCUT2D eigenvalue weighted by atomic mass is 16.2. The van der Waals surface area contributed by atoms with Crippen molar-refractivity contribution in [3.63, 3.8) is 0 Å². The van der Waals surface area contributed by atoms with Crippen LogP contribution in [0.5, 0.6) is 0 Å². The molecule has 0 spiro atoms. The molecule has 4 heterocycles. The second kappa shape index (κ2) is 8.46. The Kier molecular flexibility index (Phi) is 5.32. The number of carbonyl (C=O) groups is 1. The lowest BCUT2D eigenvalue weighted by atomic mass is 9.85. The van der Waals surface area contributed by atoms with Crippen molar-refractivity contribution in [2.24, 2.45) is 5.92 Å². The molecule has 7 nitrogen and oxygen atoms in total. The number of rotatable bonds is 4. The zero-order valence-electron chi connectivity index (χ0n) is 21.6. The van der Waals surface area contributed by atoms with Crippen LogP contribution in [0.1, 0.15) is 25.8 Å². The number of hydrogen-bond acceptors (Lipinski definition) is 3. The van der Waals surface area contributed by atoms with Crippen LogP contribution in [0.3, 0.4) is 0 Å². The molecule has 0 unspecified atom stereocenters. The second-order valence-corrected chi connectivity index (χ2v) is 10.8. The summed E-state index contributed by atoms with van der Waals surface area (Å²) >= 11 is 0. The molecule has 2 aromatic carbocycles. The van der Waals surface area contributed by atoms with Crippen LogP contribution < -0.4 is 4.90 Å². The molecule has 0 aliphatic carbocycles. The van der Waals surface area contributed by atoms with E-state index in [-0.39, 0.29) is 17.4 Å². The van der Waals surface area contributed by atoms with E-state index < -0.39 is 0 Å². The summed E-state index contributed by atoms with van der Waals surface area (Å²) in [4.78, 5) is 25.5. The lowest BCUT2D eigenvalue weighted by Crippen LogP contribution is -2.46. The van der Waals surface area contributed by atoms with Gasteiger partial charge in [-0.1, -0.05) is 24.3 Å². The minimum Gasteiger partial charge on any atom is -0.340 e. The van der Waals surface area contributed by atoms with E-state index in [1.165, 1.54) is 0 Å². The highest BCUT2D eigenvalue weighted by Gasteiger charge is 2.41. The Morgan fingerprint density at radius 1 is 1.08 bits per heavy atom. The third-order valence-electron chi connectivity index (χ3n) is 8.35. The molecule has 2 aliphatic heterocycles. The quantitative estimate of drug-likeness (QED) is 0.308. The van der Waals surface area contributed by atoms with Gasteiger partial charge in [0.2, 0.25) is 5.91 Å². The van der Waals surface area contributed by atoms with Gasteiger partial charge in [-0.3, -0.25) is 9.36 Å². The molecule has 37 heavy (non-hydrogen) atoms. The van der Waals surface area contributed by atoms with Crippen molar-refractivity contribution in [1.29, 1.82) is 0 Å². The van der Waals surface area contributed by atoms with Gasteiger partial charge in [0.25, 0.3) is 0 Å². The molecule has 2 aromatic heterocycles. The molecule has 1 fully saturated rings. The number of anilines is 1. The minimum absolute atomic E-state index is 0.0643. The molecular weight excluding hydrogens is 460 g/mol. The average molecular weight is 491 g/mol. The van der Waals surface area contributed by atoms with Crippen LogP contribution in [0.15, 0.2) is 67.1 Å². The SMILES string of the molecule is [C-]#[N+]c1ccc(-c2cc3n(c2)Cc2cc(N4C[C@@H](C(C)(C)N(C)C)CC4=O)ccc2-n2ccnc2-3)cc1. The van der Waals surface area contributed by atoms with Gasteiger partial charge in [0.15, 0.2) is 11.5 Å². The summed E-state index contributed by atoms with van der Waals surface area (Å²) in [7, 11) is 4.17. The van der Waals surface area contributed by atoms with Gasteiger partial charge in [-0.25, -0.2) is 9.83 Å². The number of nitrogens with zero attached hydrogens (tertiary/aromatic N) is 6. The number of imidazole rings is 1. The predicted molar refractivity (Wildman–Crippen MR) is 146 cm³/mol. The Morgan fingerprint density at radius 2 is 1.86 bits per heavy atom. The summed E-state index contributed by atoms with van der Waals surface area (Å²) in [5.74, 6) is 1.34. The Bertz CT molecular complexity index is 1550. The van der Waals surface area contributed by atoms with Gasteiger partial charge in [0, 0.05) is 60.8 Å². The van der Waals surface area contributed by atoms with Crippen LogP contribution in [-0.4, -0.2) is 51.1 Å². The van der Waals surface area contributed by atoms with E-state index in [2.05, 4.69) is 82.3 Å². The Hall–Kier alpha value is -4.15. The lowest BCUT2D eigenvalue weighted by Gasteiger charge is -2.37. The van der Waals surface area contributed by atoms with Crippen molar-refractivity contribution in [2.75, 3.05) is 25.5 Å². The molecule has 0 radical (unpaired) electrons. The van der Waals surface area contributed by atoms with E-state index in [9.17, 15) is 4.79 Å². The number of fused-ring (bicyclic) bond motifs is 5. The minimum atomic E-state index is -0.0643. The molecular formula is C30H30N6O. The fourth-order valence-electron chi connectivity index (χ4n) is 5.48. The summed E-state index contributed by atoms with van der Waals surface area (Å²) in [5, 5.41) is 0. The summed E-state index contributed by atoms with van der Waals surface area (Å²) in [6, 6.07) is 16.2. The Labute approximate surface area is 217 Å². The topological polar surface area (TPSA) is 50.7 Å². The van der Waals surface area contributed by atoms with Crippen molar-refractivity contribution in [2.45, 2.75) is 32.4 Å². The molecule has 7 heteroatoms. The summed E-state index contributed by atoms with van der Waals surface area (Å²) in [5.41, 5.74) is 6.94. The van der Waals surface area contributed by atoms with Crippen molar-refractivity contribution < 1.29 is 4.79 Å². The maximum atomic E-state index is 13.1. The Morgan fingerprint density at radius 3 is 2.59 bits per heavy atom. The largest absolute Gasteiger partial charge is 0.340 e. The smallest absolute Gasteiger partial charge is 0.227 e. The van der Waals surface area contributed by atoms with Gasteiger partial charge < -0.3 is 14.4 Å². The molecule has 1 atom stereocenters. The molecule has 1 amide bonds. The van der Waals surface area contributed by atoms with Crippen LogP contribution in [0.4, 0.5) is 11.4 Å².